The van der Waals surface area contributed by atoms with Crippen molar-refractivity contribution in [2.75, 3.05) is 10.6 Å². The molecule has 0 radical (unpaired) electrons. The zero-order valence-electron chi connectivity index (χ0n) is 14.7. The van der Waals surface area contributed by atoms with Crippen LogP contribution in [-0.2, 0) is 11.3 Å². The second kappa shape index (κ2) is 7.65. The van der Waals surface area contributed by atoms with E-state index in [-0.39, 0.29) is 11.8 Å². The molecule has 0 aliphatic heterocycles. The molecule has 0 atom stereocenters. The Hall–Kier alpha value is -3.41. The van der Waals surface area contributed by atoms with E-state index >= 15 is 0 Å². The molecule has 0 saturated carbocycles. The van der Waals surface area contributed by atoms with Crippen LogP contribution in [-0.4, -0.2) is 21.4 Å². The van der Waals surface area contributed by atoms with Gasteiger partial charge in [0.05, 0.1) is 0 Å². The van der Waals surface area contributed by atoms with Gasteiger partial charge in [-0.1, -0.05) is 18.2 Å². The summed E-state index contributed by atoms with van der Waals surface area (Å²) >= 11 is 0. The SMILES string of the molecule is CC(=O)Nc1cccc(NC(=O)c2ccc(Cn3ccnc3C)cc2)c1. The lowest BCUT2D eigenvalue weighted by Crippen LogP contribution is -2.12. The standard InChI is InChI=1S/C20H20N4O2/c1-14-21-10-11-24(14)13-16-6-8-17(9-7-16)20(26)23-19-5-3-4-18(12-19)22-15(2)25/h3-12H,13H2,1-2H3,(H,22,25)(H,23,26). The van der Waals surface area contributed by atoms with Crippen LogP contribution < -0.4 is 10.6 Å². The van der Waals surface area contributed by atoms with Crippen molar-refractivity contribution >= 4 is 23.2 Å². The first-order valence-corrected chi connectivity index (χ1v) is 8.27. The van der Waals surface area contributed by atoms with Crippen LogP contribution in [0.25, 0.3) is 0 Å². The molecular weight excluding hydrogens is 328 g/mol. The molecule has 0 bridgehead atoms. The molecule has 1 aromatic heterocycles. The van der Waals surface area contributed by atoms with Gasteiger partial charge in [-0.2, -0.15) is 0 Å². The molecule has 132 valence electrons. The van der Waals surface area contributed by atoms with Crippen LogP contribution in [0.4, 0.5) is 11.4 Å². The lowest BCUT2D eigenvalue weighted by molar-refractivity contribution is -0.114. The lowest BCUT2D eigenvalue weighted by Gasteiger charge is -2.09. The van der Waals surface area contributed by atoms with Crippen LogP contribution in [0.1, 0.15) is 28.7 Å². The molecule has 0 spiro atoms. The van der Waals surface area contributed by atoms with Gasteiger partial charge in [0.15, 0.2) is 0 Å². The number of aromatic nitrogens is 2. The number of carbonyl (C=O) groups excluding carboxylic acids is 2. The topological polar surface area (TPSA) is 76.0 Å². The number of benzene rings is 2. The Balaban J connectivity index is 1.66. The van der Waals surface area contributed by atoms with Crippen molar-refractivity contribution < 1.29 is 9.59 Å². The van der Waals surface area contributed by atoms with E-state index in [1.54, 1.807) is 42.6 Å². The van der Waals surface area contributed by atoms with Crippen molar-refractivity contribution in [3.63, 3.8) is 0 Å². The molecule has 2 amide bonds. The van der Waals surface area contributed by atoms with Gasteiger partial charge in [-0.15, -0.1) is 0 Å². The van der Waals surface area contributed by atoms with Gasteiger partial charge in [-0.25, -0.2) is 4.98 Å². The van der Waals surface area contributed by atoms with E-state index in [0.29, 0.717) is 23.5 Å². The van der Waals surface area contributed by atoms with E-state index < -0.39 is 0 Å². The van der Waals surface area contributed by atoms with Crippen LogP contribution in [0, 0.1) is 6.92 Å². The van der Waals surface area contributed by atoms with E-state index in [4.69, 9.17) is 0 Å². The lowest BCUT2D eigenvalue weighted by atomic mass is 10.1. The first-order valence-electron chi connectivity index (χ1n) is 8.27. The predicted octanol–water partition coefficient (Wildman–Crippen LogP) is 3.45. The number of rotatable bonds is 5. The van der Waals surface area contributed by atoms with Crippen molar-refractivity contribution in [3.8, 4) is 0 Å². The Bertz CT molecular complexity index is 929. The highest BCUT2D eigenvalue weighted by atomic mass is 16.2. The average Bonchev–Trinajstić information content (AvgIpc) is 3.00. The number of nitrogens with one attached hydrogen (secondary N) is 2. The number of anilines is 2. The number of aryl methyl sites for hydroxylation is 1. The highest BCUT2D eigenvalue weighted by Gasteiger charge is 2.07. The fourth-order valence-electron chi connectivity index (χ4n) is 2.61. The van der Waals surface area contributed by atoms with Gasteiger partial charge in [0.1, 0.15) is 5.82 Å². The Kier molecular flexibility index (Phi) is 5.12. The third kappa shape index (κ3) is 4.36. The van der Waals surface area contributed by atoms with E-state index in [9.17, 15) is 9.59 Å². The van der Waals surface area contributed by atoms with E-state index in [2.05, 4.69) is 15.6 Å². The summed E-state index contributed by atoms with van der Waals surface area (Å²) in [7, 11) is 0. The van der Waals surface area contributed by atoms with Crippen LogP contribution in [0.15, 0.2) is 60.9 Å². The molecule has 26 heavy (non-hydrogen) atoms. The first kappa shape index (κ1) is 17.4. The number of nitrogens with zero attached hydrogens (tertiary/aromatic N) is 2. The van der Waals surface area contributed by atoms with Crippen LogP contribution in [0.3, 0.4) is 0 Å². The zero-order valence-corrected chi connectivity index (χ0v) is 14.7. The summed E-state index contributed by atoms with van der Waals surface area (Å²) in [6.07, 6.45) is 3.70. The molecule has 3 rings (SSSR count). The molecule has 0 aliphatic carbocycles. The van der Waals surface area contributed by atoms with Gasteiger partial charge in [0, 0.05) is 42.8 Å². The number of hydrogen-bond donors (Lipinski definition) is 2. The quantitative estimate of drug-likeness (QED) is 0.741. The van der Waals surface area contributed by atoms with Gasteiger partial charge < -0.3 is 15.2 Å². The minimum absolute atomic E-state index is 0.155. The number of amides is 2. The highest BCUT2D eigenvalue weighted by molar-refractivity contribution is 6.04. The minimum atomic E-state index is -0.199. The van der Waals surface area contributed by atoms with Crippen molar-refractivity contribution in [1.82, 2.24) is 9.55 Å². The monoisotopic (exact) mass is 348 g/mol. The Morgan fingerprint density at radius 2 is 1.73 bits per heavy atom. The summed E-state index contributed by atoms with van der Waals surface area (Å²) in [4.78, 5) is 27.7. The first-order chi connectivity index (χ1) is 12.5. The van der Waals surface area contributed by atoms with Gasteiger partial charge in [0.25, 0.3) is 5.91 Å². The van der Waals surface area contributed by atoms with Gasteiger partial charge in [-0.3, -0.25) is 9.59 Å². The van der Waals surface area contributed by atoms with Crippen LogP contribution in [0.2, 0.25) is 0 Å². The van der Waals surface area contributed by atoms with Crippen LogP contribution in [0.5, 0.6) is 0 Å². The molecule has 6 nitrogen and oxygen atoms in total. The highest BCUT2D eigenvalue weighted by Crippen LogP contribution is 2.16. The summed E-state index contributed by atoms with van der Waals surface area (Å²) in [6, 6.07) is 14.5. The third-order valence-electron chi connectivity index (χ3n) is 3.93. The Morgan fingerprint density at radius 3 is 2.35 bits per heavy atom. The predicted molar refractivity (Wildman–Crippen MR) is 101 cm³/mol. The molecule has 0 saturated heterocycles. The molecule has 2 N–H and O–H groups in total. The molecule has 3 aromatic rings. The summed E-state index contributed by atoms with van der Waals surface area (Å²) in [6.45, 7) is 4.11. The summed E-state index contributed by atoms with van der Waals surface area (Å²) in [5, 5.41) is 5.53. The Morgan fingerprint density at radius 1 is 1.04 bits per heavy atom. The fraction of sp³-hybridized carbons (Fsp3) is 0.150. The van der Waals surface area contributed by atoms with Crippen molar-refractivity contribution in [2.24, 2.45) is 0 Å². The maximum Gasteiger partial charge on any atom is 0.255 e. The van der Waals surface area contributed by atoms with Crippen molar-refractivity contribution in [2.45, 2.75) is 20.4 Å². The maximum atomic E-state index is 12.4. The van der Waals surface area contributed by atoms with Gasteiger partial charge in [0.2, 0.25) is 5.91 Å². The number of hydrogen-bond acceptors (Lipinski definition) is 3. The molecular formula is C20H20N4O2. The summed E-state index contributed by atoms with van der Waals surface area (Å²) in [5.41, 5.74) is 2.93. The summed E-state index contributed by atoms with van der Waals surface area (Å²) in [5.74, 6) is 0.596. The second-order valence-corrected chi connectivity index (χ2v) is 6.02. The molecule has 0 unspecified atom stereocenters. The smallest absolute Gasteiger partial charge is 0.255 e. The molecule has 6 heteroatoms. The van der Waals surface area contributed by atoms with E-state index in [1.807, 2.05) is 29.8 Å². The number of imidazole rings is 1. The maximum absolute atomic E-state index is 12.4. The average molecular weight is 348 g/mol. The molecule has 2 aromatic carbocycles. The number of carbonyl (C=O) groups is 2. The van der Waals surface area contributed by atoms with Gasteiger partial charge in [-0.05, 0) is 42.8 Å². The summed E-state index contributed by atoms with van der Waals surface area (Å²) < 4.78 is 2.04. The molecule has 1 heterocycles. The minimum Gasteiger partial charge on any atom is -0.331 e. The van der Waals surface area contributed by atoms with Gasteiger partial charge >= 0.3 is 0 Å². The van der Waals surface area contributed by atoms with E-state index in [1.165, 1.54) is 6.92 Å². The second-order valence-electron chi connectivity index (χ2n) is 6.02. The van der Waals surface area contributed by atoms with Crippen LogP contribution >= 0.6 is 0 Å². The van der Waals surface area contributed by atoms with Crippen molar-refractivity contribution in [3.05, 3.63) is 77.9 Å². The van der Waals surface area contributed by atoms with E-state index in [0.717, 1.165) is 11.4 Å². The third-order valence-corrected chi connectivity index (χ3v) is 3.93. The molecule has 0 fully saturated rings. The fourth-order valence-corrected chi connectivity index (χ4v) is 2.61. The largest absolute Gasteiger partial charge is 0.331 e. The zero-order chi connectivity index (χ0) is 18.5. The normalized spacial score (nSPS) is 10.4. The molecule has 0 aliphatic rings. The van der Waals surface area contributed by atoms with Crippen molar-refractivity contribution in [1.29, 1.82) is 0 Å². The Labute approximate surface area is 151 Å².